The van der Waals surface area contributed by atoms with Gasteiger partial charge in [-0.05, 0) is 62.4 Å². The first-order chi connectivity index (χ1) is 9.72. The van der Waals surface area contributed by atoms with Crippen molar-refractivity contribution in [3.8, 4) is 0 Å². The molecule has 0 fully saturated rings. The number of nitrogens with one attached hydrogen (secondary N) is 1. The van der Waals surface area contributed by atoms with Crippen LogP contribution in [0, 0.1) is 12.8 Å². The molecule has 0 aliphatic heterocycles. The second-order valence-electron chi connectivity index (χ2n) is 4.97. The minimum atomic E-state index is -0.888. The van der Waals surface area contributed by atoms with Crippen molar-refractivity contribution < 1.29 is 14.7 Å². The molecular formula is C14H17Br2NO3S. The van der Waals surface area contributed by atoms with E-state index in [0.29, 0.717) is 5.69 Å². The Morgan fingerprint density at radius 2 is 1.81 bits per heavy atom. The first-order valence-corrected chi connectivity index (χ1v) is 8.95. The molecule has 0 aliphatic rings. The van der Waals surface area contributed by atoms with Gasteiger partial charge in [0.15, 0.2) is 0 Å². The van der Waals surface area contributed by atoms with E-state index in [1.807, 2.05) is 32.9 Å². The molecular weight excluding hydrogens is 422 g/mol. The third-order valence-corrected chi connectivity index (χ3v) is 5.48. The number of carbonyl (C=O) groups is 2. The SMILES string of the molecule is Cc1cc(Br)c(NC(=O)CSC(C(=O)O)C(C)C)c(Br)c1. The van der Waals surface area contributed by atoms with Gasteiger partial charge < -0.3 is 10.4 Å². The number of carboxylic acids is 1. The molecule has 0 saturated heterocycles. The van der Waals surface area contributed by atoms with Gasteiger partial charge in [0.1, 0.15) is 5.25 Å². The minimum absolute atomic E-state index is 0.0295. The van der Waals surface area contributed by atoms with E-state index in [2.05, 4.69) is 37.2 Å². The predicted octanol–water partition coefficient (Wildman–Crippen LogP) is 4.30. The number of hydrogen-bond donors (Lipinski definition) is 2. The highest BCUT2D eigenvalue weighted by Crippen LogP contribution is 2.32. The van der Waals surface area contributed by atoms with Gasteiger partial charge in [-0.2, -0.15) is 0 Å². The Morgan fingerprint density at radius 3 is 2.24 bits per heavy atom. The summed E-state index contributed by atoms with van der Waals surface area (Å²) >= 11 is 7.95. The summed E-state index contributed by atoms with van der Waals surface area (Å²) < 4.78 is 1.57. The quantitative estimate of drug-likeness (QED) is 0.694. The second-order valence-corrected chi connectivity index (χ2v) is 7.80. The van der Waals surface area contributed by atoms with E-state index in [4.69, 9.17) is 5.11 Å². The Hall–Kier alpha value is -0.530. The van der Waals surface area contributed by atoms with Gasteiger partial charge in [0.2, 0.25) is 5.91 Å². The van der Waals surface area contributed by atoms with Gasteiger partial charge >= 0.3 is 5.97 Å². The monoisotopic (exact) mass is 437 g/mol. The third-order valence-electron chi connectivity index (χ3n) is 2.69. The van der Waals surface area contributed by atoms with Crippen molar-refractivity contribution in [3.63, 3.8) is 0 Å². The molecule has 0 spiro atoms. The smallest absolute Gasteiger partial charge is 0.316 e. The van der Waals surface area contributed by atoms with Gasteiger partial charge in [0.05, 0.1) is 11.4 Å². The lowest BCUT2D eigenvalue weighted by molar-refractivity contribution is -0.137. The number of amides is 1. The molecule has 1 atom stereocenters. The zero-order valence-corrected chi connectivity index (χ0v) is 15.9. The molecule has 0 radical (unpaired) electrons. The average Bonchev–Trinajstić information content (AvgIpc) is 2.33. The largest absolute Gasteiger partial charge is 0.480 e. The third kappa shape index (κ3) is 5.64. The van der Waals surface area contributed by atoms with E-state index in [-0.39, 0.29) is 17.6 Å². The maximum absolute atomic E-state index is 12.0. The lowest BCUT2D eigenvalue weighted by atomic mass is 10.1. The molecule has 1 amide bonds. The van der Waals surface area contributed by atoms with Crippen molar-refractivity contribution in [1.29, 1.82) is 0 Å². The summed E-state index contributed by atoms with van der Waals surface area (Å²) in [4.78, 5) is 23.1. The van der Waals surface area contributed by atoms with Crippen LogP contribution in [0.25, 0.3) is 0 Å². The van der Waals surface area contributed by atoms with Crippen LogP contribution >= 0.6 is 43.6 Å². The summed E-state index contributed by atoms with van der Waals surface area (Å²) in [5, 5.41) is 11.3. The number of anilines is 1. The Balaban J connectivity index is 2.69. The van der Waals surface area contributed by atoms with E-state index >= 15 is 0 Å². The van der Waals surface area contributed by atoms with Crippen molar-refractivity contribution in [1.82, 2.24) is 0 Å². The van der Waals surface area contributed by atoms with Gasteiger partial charge in [0.25, 0.3) is 0 Å². The van der Waals surface area contributed by atoms with Gasteiger partial charge in [-0.3, -0.25) is 9.59 Å². The topological polar surface area (TPSA) is 66.4 Å². The van der Waals surface area contributed by atoms with Crippen LogP contribution in [0.15, 0.2) is 21.1 Å². The minimum Gasteiger partial charge on any atom is -0.480 e. The molecule has 116 valence electrons. The summed E-state index contributed by atoms with van der Waals surface area (Å²) in [6, 6.07) is 3.81. The lowest BCUT2D eigenvalue weighted by Gasteiger charge is -2.16. The molecule has 7 heteroatoms. The van der Waals surface area contributed by atoms with Gasteiger partial charge in [-0.25, -0.2) is 0 Å². The van der Waals surface area contributed by atoms with Crippen molar-refractivity contribution in [3.05, 3.63) is 26.6 Å². The van der Waals surface area contributed by atoms with Crippen LogP contribution in [0.2, 0.25) is 0 Å². The molecule has 0 heterocycles. The zero-order valence-electron chi connectivity index (χ0n) is 11.9. The Labute approximate surface area is 145 Å². The van der Waals surface area contributed by atoms with Crippen LogP contribution in [-0.4, -0.2) is 28.0 Å². The number of rotatable bonds is 6. The van der Waals surface area contributed by atoms with E-state index < -0.39 is 11.2 Å². The summed E-state index contributed by atoms with van der Waals surface area (Å²) in [5.74, 6) is -1.04. The van der Waals surface area contributed by atoms with Crippen LogP contribution in [0.5, 0.6) is 0 Å². The van der Waals surface area contributed by atoms with E-state index in [0.717, 1.165) is 26.3 Å². The van der Waals surface area contributed by atoms with Crippen LogP contribution < -0.4 is 5.32 Å². The molecule has 1 rings (SSSR count). The van der Waals surface area contributed by atoms with Gasteiger partial charge in [-0.15, -0.1) is 11.8 Å². The summed E-state index contributed by atoms with van der Waals surface area (Å²) in [5.41, 5.74) is 1.72. The Bertz CT molecular complexity index is 526. The number of hydrogen-bond acceptors (Lipinski definition) is 3. The fraction of sp³-hybridized carbons (Fsp3) is 0.429. The highest BCUT2D eigenvalue weighted by atomic mass is 79.9. The first kappa shape index (κ1) is 18.5. The van der Waals surface area contributed by atoms with Crippen LogP contribution in [0.4, 0.5) is 5.69 Å². The number of carboxylic acid groups (broad SMARTS) is 1. The van der Waals surface area contributed by atoms with Crippen LogP contribution in [0.3, 0.4) is 0 Å². The van der Waals surface area contributed by atoms with Crippen LogP contribution in [-0.2, 0) is 9.59 Å². The maximum atomic E-state index is 12.0. The molecule has 1 unspecified atom stereocenters. The molecule has 0 aromatic heterocycles. The summed E-state index contributed by atoms with van der Waals surface area (Å²) in [7, 11) is 0. The standard InChI is InChI=1S/C14H17Br2NO3S/c1-7(2)13(14(19)20)21-6-11(18)17-12-9(15)4-8(3)5-10(12)16/h4-5,7,13H,6H2,1-3H3,(H,17,18)(H,19,20). The van der Waals surface area contributed by atoms with E-state index in [1.54, 1.807) is 0 Å². The number of benzene rings is 1. The number of aryl methyl sites for hydroxylation is 1. The Kier molecular flexibility index (Phi) is 7.23. The van der Waals surface area contributed by atoms with E-state index in [9.17, 15) is 9.59 Å². The Morgan fingerprint density at radius 1 is 1.29 bits per heavy atom. The number of carbonyl (C=O) groups excluding carboxylic acids is 1. The van der Waals surface area contributed by atoms with E-state index in [1.165, 1.54) is 0 Å². The van der Waals surface area contributed by atoms with Crippen molar-refractivity contribution in [2.24, 2.45) is 5.92 Å². The predicted molar refractivity (Wildman–Crippen MR) is 93.9 cm³/mol. The molecule has 21 heavy (non-hydrogen) atoms. The van der Waals surface area contributed by atoms with Crippen LogP contribution in [0.1, 0.15) is 19.4 Å². The number of halogens is 2. The molecule has 0 bridgehead atoms. The maximum Gasteiger partial charge on any atom is 0.316 e. The van der Waals surface area contributed by atoms with Crippen molar-refractivity contribution in [2.45, 2.75) is 26.0 Å². The average molecular weight is 439 g/mol. The second kappa shape index (κ2) is 8.19. The zero-order chi connectivity index (χ0) is 16.2. The van der Waals surface area contributed by atoms with Crippen molar-refractivity contribution >= 4 is 61.2 Å². The molecule has 1 aromatic rings. The van der Waals surface area contributed by atoms with Crippen molar-refractivity contribution in [2.75, 3.05) is 11.1 Å². The first-order valence-electron chi connectivity index (χ1n) is 6.32. The molecule has 0 saturated carbocycles. The van der Waals surface area contributed by atoms with Gasteiger partial charge in [-0.1, -0.05) is 13.8 Å². The van der Waals surface area contributed by atoms with Gasteiger partial charge in [0, 0.05) is 8.95 Å². The molecule has 0 aliphatic carbocycles. The highest BCUT2D eigenvalue weighted by molar-refractivity contribution is 9.11. The number of thioether (sulfide) groups is 1. The summed E-state index contributed by atoms with van der Waals surface area (Å²) in [6.07, 6.45) is 0. The fourth-order valence-corrected chi connectivity index (χ4v) is 4.25. The highest BCUT2D eigenvalue weighted by Gasteiger charge is 2.23. The normalized spacial score (nSPS) is 12.3. The fourth-order valence-electron chi connectivity index (χ4n) is 1.71. The molecule has 4 nitrogen and oxygen atoms in total. The molecule has 1 aromatic carbocycles. The molecule has 2 N–H and O–H groups in total. The number of aliphatic carboxylic acids is 1. The lowest BCUT2D eigenvalue weighted by Crippen LogP contribution is -2.25. The summed E-state index contributed by atoms with van der Waals surface area (Å²) in [6.45, 7) is 5.62.